The summed E-state index contributed by atoms with van der Waals surface area (Å²) in [7, 11) is 0. The van der Waals surface area contributed by atoms with Crippen LogP contribution in [-0.2, 0) is 17.9 Å². The average Bonchev–Trinajstić information content (AvgIpc) is 2.93. The number of amides is 1. The van der Waals surface area contributed by atoms with Crippen molar-refractivity contribution in [3.05, 3.63) is 52.8 Å². The summed E-state index contributed by atoms with van der Waals surface area (Å²) < 4.78 is 1.59. The molecule has 0 unspecified atom stereocenters. The minimum Gasteiger partial charge on any atom is -0.339 e. The van der Waals surface area contributed by atoms with Crippen LogP contribution in [0.1, 0.15) is 11.1 Å². The van der Waals surface area contributed by atoms with Crippen LogP contribution in [0, 0.1) is 6.92 Å². The third kappa shape index (κ3) is 4.33. The smallest absolute Gasteiger partial charge is 0.244 e. The van der Waals surface area contributed by atoms with Crippen LogP contribution in [0.25, 0.3) is 0 Å². The lowest BCUT2D eigenvalue weighted by Gasteiger charge is -2.34. The molecule has 1 saturated heterocycles. The molecule has 0 N–H and O–H groups in total. The highest BCUT2D eigenvalue weighted by Gasteiger charge is 2.21. The maximum atomic E-state index is 12.3. The number of carbonyl (C=O) groups excluding carboxylic acids is 1. The molecular weight excluding hydrogens is 312 g/mol. The van der Waals surface area contributed by atoms with Crippen LogP contribution in [0.5, 0.6) is 0 Å². The molecule has 23 heavy (non-hydrogen) atoms. The van der Waals surface area contributed by atoms with Crippen molar-refractivity contribution >= 4 is 17.5 Å². The van der Waals surface area contributed by atoms with Crippen LogP contribution in [0.2, 0.25) is 5.02 Å². The van der Waals surface area contributed by atoms with Crippen molar-refractivity contribution < 1.29 is 4.79 Å². The Morgan fingerprint density at radius 2 is 2.04 bits per heavy atom. The van der Waals surface area contributed by atoms with Crippen molar-refractivity contribution in [2.45, 2.75) is 20.0 Å². The van der Waals surface area contributed by atoms with Crippen molar-refractivity contribution in [2.24, 2.45) is 0 Å². The lowest BCUT2D eigenvalue weighted by molar-refractivity contribution is -0.133. The minimum atomic E-state index is 0.0972. The molecule has 1 fully saturated rings. The number of piperazine rings is 1. The third-order valence-corrected chi connectivity index (χ3v) is 4.31. The van der Waals surface area contributed by atoms with Crippen molar-refractivity contribution in [3.8, 4) is 0 Å². The normalized spacial score (nSPS) is 15.8. The molecule has 0 aliphatic carbocycles. The molecule has 0 radical (unpaired) electrons. The number of benzene rings is 1. The molecule has 1 aromatic heterocycles. The third-order valence-electron chi connectivity index (χ3n) is 4.11. The summed E-state index contributed by atoms with van der Waals surface area (Å²) in [6.45, 7) is 6.64. The van der Waals surface area contributed by atoms with E-state index < -0.39 is 0 Å². The van der Waals surface area contributed by atoms with Crippen molar-refractivity contribution in [2.75, 3.05) is 26.2 Å². The Morgan fingerprint density at radius 1 is 1.26 bits per heavy atom. The van der Waals surface area contributed by atoms with E-state index in [1.54, 1.807) is 17.1 Å². The molecule has 122 valence electrons. The Kier molecular flexibility index (Phi) is 4.98. The van der Waals surface area contributed by atoms with Gasteiger partial charge in [-0.2, -0.15) is 5.10 Å². The Labute approximate surface area is 141 Å². The molecule has 0 bridgehead atoms. The Morgan fingerprint density at radius 3 is 2.70 bits per heavy atom. The number of aryl methyl sites for hydroxylation is 1. The number of rotatable bonds is 4. The number of halogens is 1. The fraction of sp³-hybridized carbons (Fsp3) is 0.412. The van der Waals surface area contributed by atoms with Crippen LogP contribution in [0.4, 0.5) is 0 Å². The second-order valence-electron chi connectivity index (χ2n) is 6.00. The molecular formula is C17H21ClN4O. The van der Waals surface area contributed by atoms with Gasteiger partial charge in [0, 0.05) is 38.9 Å². The van der Waals surface area contributed by atoms with Crippen LogP contribution in [-0.4, -0.2) is 51.7 Å². The van der Waals surface area contributed by atoms with Crippen LogP contribution in [0.3, 0.4) is 0 Å². The molecule has 0 saturated carbocycles. The van der Waals surface area contributed by atoms with Gasteiger partial charge in [0.1, 0.15) is 6.54 Å². The Hall–Kier alpha value is -1.85. The van der Waals surface area contributed by atoms with Gasteiger partial charge in [0.05, 0.1) is 11.2 Å². The first kappa shape index (κ1) is 16.0. The van der Waals surface area contributed by atoms with Gasteiger partial charge in [0.2, 0.25) is 5.91 Å². The van der Waals surface area contributed by atoms with Crippen LogP contribution < -0.4 is 0 Å². The summed E-state index contributed by atoms with van der Waals surface area (Å²) >= 11 is 5.82. The number of nitrogens with zero attached hydrogens (tertiary/aromatic N) is 4. The highest BCUT2D eigenvalue weighted by Crippen LogP contribution is 2.11. The Bertz CT molecular complexity index is 677. The summed E-state index contributed by atoms with van der Waals surface area (Å²) in [5, 5.41) is 4.61. The van der Waals surface area contributed by atoms with E-state index in [0.717, 1.165) is 32.7 Å². The number of hydrogen-bond acceptors (Lipinski definition) is 3. The van der Waals surface area contributed by atoms with Gasteiger partial charge in [-0.05, 0) is 12.5 Å². The van der Waals surface area contributed by atoms with E-state index in [1.165, 1.54) is 11.1 Å². The standard InChI is InChI=1S/C17H21ClN4O/c1-14-3-2-4-15(9-14)11-20-5-7-21(8-6-20)17(23)13-22-12-16(18)10-19-22/h2-4,9-10,12H,5-8,11,13H2,1H3. The largest absolute Gasteiger partial charge is 0.339 e. The zero-order valence-electron chi connectivity index (χ0n) is 13.3. The molecule has 2 aromatic rings. The molecule has 1 amide bonds. The number of aromatic nitrogens is 2. The summed E-state index contributed by atoms with van der Waals surface area (Å²) in [4.78, 5) is 16.6. The lowest BCUT2D eigenvalue weighted by atomic mass is 10.1. The lowest BCUT2D eigenvalue weighted by Crippen LogP contribution is -2.49. The highest BCUT2D eigenvalue weighted by atomic mass is 35.5. The first-order valence-corrected chi connectivity index (χ1v) is 8.21. The van der Waals surface area contributed by atoms with Crippen LogP contribution in [0.15, 0.2) is 36.7 Å². The van der Waals surface area contributed by atoms with Gasteiger partial charge >= 0.3 is 0 Å². The number of hydrogen-bond donors (Lipinski definition) is 0. The summed E-state index contributed by atoms with van der Waals surface area (Å²) in [6, 6.07) is 8.59. The molecule has 1 aliphatic heterocycles. The number of carbonyl (C=O) groups is 1. The zero-order chi connectivity index (χ0) is 16.2. The maximum absolute atomic E-state index is 12.3. The van der Waals surface area contributed by atoms with Gasteiger partial charge in [-0.3, -0.25) is 14.4 Å². The SMILES string of the molecule is Cc1cccc(CN2CCN(C(=O)Cn3cc(Cl)cn3)CC2)c1. The first-order valence-electron chi connectivity index (χ1n) is 7.84. The summed E-state index contributed by atoms with van der Waals surface area (Å²) in [6.07, 6.45) is 3.22. The van der Waals surface area contributed by atoms with E-state index in [9.17, 15) is 4.79 Å². The monoisotopic (exact) mass is 332 g/mol. The quantitative estimate of drug-likeness (QED) is 0.862. The predicted molar refractivity (Wildman–Crippen MR) is 90.3 cm³/mol. The molecule has 5 nitrogen and oxygen atoms in total. The molecule has 2 heterocycles. The van der Waals surface area contributed by atoms with E-state index in [1.807, 2.05) is 4.90 Å². The van der Waals surface area contributed by atoms with Gasteiger partial charge in [-0.25, -0.2) is 0 Å². The maximum Gasteiger partial charge on any atom is 0.244 e. The fourth-order valence-electron chi connectivity index (χ4n) is 2.89. The van der Waals surface area contributed by atoms with E-state index in [0.29, 0.717) is 5.02 Å². The van der Waals surface area contributed by atoms with E-state index >= 15 is 0 Å². The fourth-order valence-corrected chi connectivity index (χ4v) is 3.04. The van der Waals surface area contributed by atoms with Gasteiger partial charge in [-0.1, -0.05) is 41.4 Å². The molecule has 0 atom stereocenters. The van der Waals surface area contributed by atoms with Crippen LogP contribution >= 0.6 is 11.6 Å². The predicted octanol–water partition coefficient (Wildman–Crippen LogP) is 2.19. The highest BCUT2D eigenvalue weighted by molar-refractivity contribution is 6.30. The van der Waals surface area contributed by atoms with Gasteiger partial charge < -0.3 is 4.90 Å². The minimum absolute atomic E-state index is 0.0972. The molecule has 0 spiro atoms. The van der Waals surface area contributed by atoms with Crippen molar-refractivity contribution in [3.63, 3.8) is 0 Å². The molecule has 6 heteroatoms. The van der Waals surface area contributed by atoms with E-state index in [2.05, 4.69) is 41.2 Å². The summed E-state index contributed by atoms with van der Waals surface area (Å²) in [5.74, 6) is 0.0972. The molecule has 3 rings (SSSR count). The van der Waals surface area contributed by atoms with Gasteiger partial charge in [-0.15, -0.1) is 0 Å². The average molecular weight is 333 g/mol. The molecule has 1 aliphatic rings. The van der Waals surface area contributed by atoms with E-state index in [-0.39, 0.29) is 12.5 Å². The molecule has 1 aromatic carbocycles. The second kappa shape index (κ2) is 7.15. The summed E-state index contributed by atoms with van der Waals surface area (Å²) in [5.41, 5.74) is 2.62. The van der Waals surface area contributed by atoms with E-state index in [4.69, 9.17) is 11.6 Å². The second-order valence-corrected chi connectivity index (χ2v) is 6.44. The topological polar surface area (TPSA) is 41.4 Å². The van der Waals surface area contributed by atoms with Gasteiger partial charge in [0.25, 0.3) is 0 Å². The van der Waals surface area contributed by atoms with Gasteiger partial charge in [0.15, 0.2) is 0 Å². The zero-order valence-corrected chi connectivity index (χ0v) is 14.0. The van der Waals surface area contributed by atoms with Crippen molar-refractivity contribution in [1.29, 1.82) is 0 Å². The Balaban J connectivity index is 1.49. The van der Waals surface area contributed by atoms with Crippen molar-refractivity contribution in [1.82, 2.24) is 19.6 Å². The first-order chi connectivity index (χ1) is 11.1.